The van der Waals surface area contributed by atoms with Gasteiger partial charge < -0.3 is 14.2 Å². The van der Waals surface area contributed by atoms with Gasteiger partial charge in [0, 0.05) is 28.5 Å². The van der Waals surface area contributed by atoms with Gasteiger partial charge in [0.2, 0.25) is 0 Å². The van der Waals surface area contributed by atoms with Crippen molar-refractivity contribution in [2.24, 2.45) is 0 Å². The maximum Gasteiger partial charge on any atom is 0.335 e. The lowest BCUT2D eigenvalue weighted by Crippen LogP contribution is -2.04. The molecule has 0 aliphatic carbocycles. The molecular formula is C25H17FO5S. The fourth-order valence-corrected chi connectivity index (χ4v) is 4.59. The van der Waals surface area contributed by atoms with E-state index in [9.17, 15) is 9.59 Å². The Morgan fingerprint density at radius 2 is 1.50 bits per heavy atom. The maximum absolute atomic E-state index is 15.5. The molecule has 0 saturated heterocycles. The van der Waals surface area contributed by atoms with Crippen LogP contribution in [0.3, 0.4) is 0 Å². The van der Waals surface area contributed by atoms with Crippen LogP contribution < -0.4 is 14.2 Å². The molecule has 0 amide bonds. The normalized spacial score (nSPS) is 10.7. The van der Waals surface area contributed by atoms with Crippen molar-refractivity contribution in [1.29, 1.82) is 0 Å². The molecule has 160 valence electrons. The minimum absolute atomic E-state index is 0.238. The average Bonchev–Trinajstić information content (AvgIpc) is 3.19. The molecule has 0 aliphatic heterocycles. The van der Waals surface area contributed by atoms with E-state index in [1.165, 1.54) is 18.4 Å². The molecule has 0 unspecified atom stereocenters. The van der Waals surface area contributed by atoms with Crippen molar-refractivity contribution in [3.05, 3.63) is 79.7 Å². The average molecular weight is 448 g/mol. The smallest absolute Gasteiger partial charge is 0.335 e. The van der Waals surface area contributed by atoms with E-state index in [-0.39, 0.29) is 11.6 Å². The third-order valence-electron chi connectivity index (χ3n) is 4.80. The summed E-state index contributed by atoms with van der Waals surface area (Å²) in [7, 11) is 1.47. The molecule has 4 aromatic rings. The summed E-state index contributed by atoms with van der Waals surface area (Å²) in [6.07, 6.45) is 2.13. The quantitative estimate of drug-likeness (QED) is 0.204. The largest absolute Gasteiger partial charge is 0.491 e. The third kappa shape index (κ3) is 3.74. The Bertz CT molecular complexity index is 1390. The number of benzene rings is 3. The first-order valence-corrected chi connectivity index (χ1v) is 10.3. The Labute approximate surface area is 186 Å². The molecule has 0 atom stereocenters. The number of esters is 2. The molecule has 1 aromatic heterocycles. The SMILES string of the molecule is C=CC(=O)Oc1ccc(-c2ccc3c(sc4c(OC)c(OC(=O)C=C)ccc43)c2F)cc1. The van der Waals surface area contributed by atoms with Crippen LogP contribution in [0.1, 0.15) is 0 Å². The van der Waals surface area contributed by atoms with Gasteiger partial charge >= 0.3 is 11.9 Å². The van der Waals surface area contributed by atoms with E-state index < -0.39 is 11.9 Å². The summed E-state index contributed by atoms with van der Waals surface area (Å²) in [6.45, 7) is 6.75. The molecule has 32 heavy (non-hydrogen) atoms. The molecular weight excluding hydrogens is 431 g/mol. The highest BCUT2D eigenvalue weighted by molar-refractivity contribution is 7.26. The first-order valence-electron chi connectivity index (χ1n) is 9.47. The molecule has 1 heterocycles. The standard InChI is InChI=1S/C25H17FO5S/c1-4-20(27)30-15-8-6-14(7-9-15)16-10-11-17-18-12-13-19(31-21(28)5-2)23(29-3)25(18)32-24(17)22(16)26/h4-13H,1-2H2,3H3. The first-order chi connectivity index (χ1) is 15.5. The monoisotopic (exact) mass is 448 g/mol. The van der Waals surface area contributed by atoms with Crippen LogP contribution in [0.2, 0.25) is 0 Å². The number of hydrogen-bond donors (Lipinski definition) is 0. The summed E-state index contributed by atoms with van der Waals surface area (Å²) in [4.78, 5) is 23.0. The molecule has 5 nitrogen and oxygen atoms in total. The lowest BCUT2D eigenvalue weighted by Gasteiger charge is -2.08. The zero-order valence-corrected chi connectivity index (χ0v) is 17.8. The number of thiophene rings is 1. The van der Waals surface area contributed by atoms with Gasteiger partial charge in [-0.15, -0.1) is 11.3 Å². The second-order valence-corrected chi connectivity index (χ2v) is 7.67. The van der Waals surface area contributed by atoms with Crippen LogP contribution in [0.5, 0.6) is 17.2 Å². The van der Waals surface area contributed by atoms with Crippen molar-refractivity contribution in [2.45, 2.75) is 0 Å². The second kappa shape index (κ2) is 8.64. The number of rotatable bonds is 6. The van der Waals surface area contributed by atoms with E-state index in [0.717, 1.165) is 22.9 Å². The van der Waals surface area contributed by atoms with E-state index in [2.05, 4.69) is 13.2 Å². The molecule has 0 N–H and O–H groups in total. The van der Waals surface area contributed by atoms with Gasteiger partial charge in [0.25, 0.3) is 0 Å². The summed E-state index contributed by atoms with van der Waals surface area (Å²) in [5.74, 6) is -0.628. The Balaban J connectivity index is 1.80. The van der Waals surface area contributed by atoms with Gasteiger partial charge in [-0.3, -0.25) is 0 Å². The summed E-state index contributed by atoms with van der Waals surface area (Å²) in [5, 5.41) is 1.51. The number of ether oxygens (including phenoxy) is 3. The third-order valence-corrected chi connectivity index (χ3v) is 6.01. The number of methoxy groups -OCH3 is 1. The molecule has 3 aromatic carbocycles. The molecule has 0 bridgehead atoms. The van der Waals surface area contributed by atoms with Crippen LogP contribution in [0.4, 0.5) is 4.39 Å². The van der Waals surface area contributed by atoms with E-state index in [0.29, 0.717) is 32.0 Å². The van der Waals surface area contributed by atoms with Crippen molar-refractivity contribution < 1.29 is 28.2 Å². The van der Waals surface area contributed by atoms with Gasteiger partial charge in [-0.25, -0.2) is 14.0 Å². The topological polar surface area (TPSA) is 61.8 Å². The lowest BCUT2D eigenvalue weighted by atomic mass is 10.0. The Morgan fingerprint density at radius 3 is 2.16 bits per heavy atom. The van der Waals surface area contributed by atoms with Gasteiger partial charge in [0.05, 0.1) is 16.5 Å². The molecule has 7 heteroatoms. The number of hydrogen-bond acceptors (Lipinski definition) is 6. The van der Waals surface area contributed by atoms with Crippen LogP contribution in [-0.2, 0) is 9.59 Å². The number of fused-ring (bicyclic) bond motifs is 3. The van der Waals surface area contributed by atoms with E-state index >= 15 is 4.39 Å². The van der Waals surface area contributed by atoms with Crippen molar-refractivity contribution in [1.82, 2.24) is 0 Å². The number of halogens is 1. The van der Waals surface area contributed by atoms with Crippen molar-refractivity contribution >= 4 is 43.4 Å². The van der Waals surface area contributed by atoms with Crippen molar-refractivity contribution in [2.75, 3.05) is 7.11 Å². The fourth-order valence-electron chi connectivity index (χ4n) is 3.34. The Kier molecular flexibility index (Phi) is 5.75. The zero-order valence-electron chi connectivity index (χ0n) is 17.0. The summed E-state index contributed by atoms with van der Waals surface area (Å²) in [5.41, 5.74) is 1.04. The predicted molar refractivity (Wildman–Crippen MR) is 123 cm³/mol. The molecule has 0 radical (unpaired) electrons. The van der Waals surface area contributed by atoms with Crippen LogP contribution >= 0.6 is 11.3 Å². The highest BCUT2D eigenvalue weighted by Crippen LogP contribution is 2.46. The zero-order chi connectivity index (χ0) is 22.8. The van der Waals surface area contributed by atoms with Crippen LogP contribution in [0.25, 0.3) is 31.3 Å². The highest BCUT2D eigenvalue weighted by atomic mass is 32.1. The van der Waals surface area contributed by atoms with Gasteiger partial charge in [0.15, 0.2) is 11.5 Å². The van der Waals surface area contributed by atoms with E-state index in [4.69, 9.17) is 14.2 Å². The van der Waals surface area contributed by atoms with Gasteiger partial charge in [-0.2, -0.15) is 0 Å². The summed E-state index contributed by atoms with van der Waals surface area (Å²) < 4.78 is 32.4. The minimum Gasteiger partial charge on any atom is -0.491 e. The summed E-state index contributed by atoms with van der Waals surface area (Å²) >= 11 is 1.21. The summed E-state index contributed by atoms with van der Waals surface area (Å²) in [6, 6.07) is 13.5. The molecule has 0 saturated carbocycles. The number of carbonyl (C=O) groups excluding carboxylic acids is 2. The van der Waals surface area contributed by atoms with Crippen LogP contribution in [0.15, 0.2) is 73.8 Å². The van der Waals surface area contributed by atoms with Crippen molar-refractivity contribution in [3.8, 4) is 28.4 Å². The predicted octanol–water partition coefficient (Wildman–Crippen LogP) is 6.05. The van der Waals surface area contributed by atoms with Gasteiger partial charge in [-0.1, -0.05) is 37.4 Å². The van der Waals surface area contributed by atoms with Crippen LogP contribution in [0, 0.1) is 5.82 Å². The minimum atomic E-state index is -0.612. The lowest BCUT2D eigenvalue weighted by molar-refractivity contribution is -0.129. The van der Waals surface area contributed by atoms with E-state index in [1.54, 1.807) is 42.5 Å². The van der Waals surface area contributed by atoms with Crippen LogP contribution in [-0.4, -0.2) is 19.0 Å². The Morgan fingerprint density at radius 1 is 0.875 bits per heavy atom. The molecule has 0 spiro atoms. The van der Waals surface area contributed by atoms with E-state index in [1.807, 2.05) is 6.07 Å². The van der Waals surface area contributed by atoms with Gasteiger partial charge in [0.1, 0.15) is 11.6 Å². The molecule has 4 rings (SSSR count). The fraction of sp³-hybridized carbons (Fsp3) is 0.0400. The van der Waals surface area contributed by atoms with Crippen molar-refractivity contribution in [3.63, 3.8) is 0 Å². The molecule has 0 fully saturated rings. The highest BCUT2D eigenvalue weighted by Gasteiger charge is 2.19. The molecule has 0 aliphatic rings. The maximum atomic E-state index is 15.5. The first kappa shape index (κ1) is 21.3. The Hall–Kier alpha value is -3.97. The number of carbonyl (C=O) groups is 2. The second-order valence-electron chi connectivity index (χ2n) is 6.65. The van der Waals surface area contributed by atoms with Gasteiger partial charge in [-0.05, 0) is 29.8 Å².